The molecule has 0 aliphatic rings. The summed E-state index contributed by atoms with van der Waals surface area (Å²) in [6, 6.07) is 15.1. The number of anilines is 1. The Hall–Kier alpha value is -3.21. The molecule has 2 aromatic heterocycles. The average molecular weight is 318 g/mol. The molecule has 24 heavy (non-hydrogen) atoms. The lowest BCUT2D eigenvalue weighted by molar-refractivity contribution is 0.251. The number of carbonyl (C=O) groups excluding carboxylic acids is 1. The molecule has 0 saturated heterocycles. The van der Waals surface area contributed by atoms with Crippen LogP contribution in [0.4, 0.5) is 10.5 Å². The molecular formula is C19H18N4O. The minimum Gasteiger partial charge on any atom is -0.334 e. The first kappa shape index (κ1) is 15.7. The highest BCUT2D eigenvalue weighted by molar-refractivity contribution is 5.89. The summed E-state index contributed by atoms with van der Waals surface area (Å²) in [6.07, 6.45) is 5.23. The van der Waals surface area contributed by atoms with Crippen molar-refractivity contribution in [1.82, 2.24) is 15.3 Å². The summed E-state index contributed by atoms with van der Waals surface area (Å²) in [5, 5.41) is 5.68. The van der Waals surface area contributed by atoms with Gasteiger partial charge in [-0.05, 0) is 54.4 Å². The summed E-state index contributed by atoms with van der Waals surface area (Å²) in [5.74, 6) is 0. The van der Waals surface area contributed by atoms with Crippen LogP contribution in [-0.2, 0) is 6.54 Å². The second-order valence-electron chi connectivity index (χ2n) is 5.47. The number of carbonyl (C=O) groups is 1. The molecule has 5 nitrogen and oxygen atoms in total. The van der Waals surface area contributed by atoms with Gasteiger partial charge >= 0.3 is 6.03 Å². The molecule has 3 aromatic rings. The highest BCUT2D eigenvalue weighted by Crippen LogP contribution is 2.16. The van der Waals surface area contributed by atoms with Crippen LogP contribution in [0.1, 0.15) is 11.1 Å². The third-order valence-electron chi connectivity index (χ3n) is 3.51. The lowest BCUT2D eigenvalue weighted by Gasteiger charge is -2.09. The van der Waals surface area contributed by atoms with Crippen molar-refractivity contribution in [2.75, 3.05) is 5.32 Å². The Balaban J connectivity index is 1.61. The maximum atomic E-state index is 12.0. The van der Waals surface area contributed by atoms with Gasteiger partial charge < -0.3 is 10.6 Å². The third-order valence-corrected chi connectivity index (χ3v) is 3.51. The van der Waals surface area contributed by atoms with Crippen molar-refractivity contribution >= 4 is 11.7 Å². The van der Waals surface area contributed by atoms with E-state index in [2.05, 4.69) is 20.6 Å². The van der Waals surface area contributed by atoms with E-state index in [-0.39, 0.29) is 6.03 Å². The van der Waals surface area contributed by atoms with E-state index >= 15 is 0 Å². The molecule has 0 aliphatic heterocycles. The molecule has 120 valence electrons. The van der Waals surface area contributed by atoms with E-state index in [0.717, 1.165) is 28.1 Å². The fraction of sp³-hybridized carbons (Fsp3) is 0.105. The molecule has 0 radical (unpaired) electrons. The number of amides is 2. The summed E-state index contributed by atoms with van der Waals surface area (Å²) >= 11 is 0. The van der Waals surface area contributed by atoms with E-state index in [0.29, 0.717) is 6.54 Å². The molecular weight excluding hydrogens is 300 g/mol. The molecule has 0 fully saturated rings. The van der Waals surface area contributed by atoms with Gasteiger partial charge in [0.25, 0.3) is 0 Å². The molecule has 0 aliphatic carbocycles. The van der Waals surface area contributed by atoms with Gasteiger partial charge in [0.2, 0.25) is 0 Å². The summed E-state index contributed by atoms with van der Waals surface area (Å²) < 4.78 is 0. The molecule has 2 N–H and O–H groups in total. The van der Waals surface area contributed by atoms with Crippen LogP contribution in [0.5, 0.6) is 0 Å². The number of aromatic nitrogens is 2. The molecule has 2 heterocycles. The predicted molar refractivity (Wildman–Crippen MR) is 94.5 cm³/mol. The van der Waals surface area contributed by atoms with Crippen LogP contribution in [0.2, 0.25) is 0 Å². The van der Waals surface area contributed by atoms with Crippen LogP contribution in [0.3, 0.4) is 0 Å². The predicted octanol–water partition coefficient (Wildman–Crippen LogP) is 3.77. The van der Waals surface area contributed by atoms with Crippen LogP contribution in [0.15, 0.2) is 67.1 Å². The van der Waals surface area contributed by atoms with Gasteiger partial charge in [0.05, 0.1) is 5.69 Å². The monoisotopic (exact) mass is 318 g/mol. The van der Waals surface area contributed by atoms with Crippen LogP contribution >= 0.6 is 0 Å². The van der Waals surface area contributed by atoms with Crippen molar-refractivity contribution in [2.24, 2.45) is 0 Å². The van der Waals surface area contributed by atoms with Crippen molar-refractivity contribution in [3.05, 3.63) is 78.2 Å². The number of nitrogens with zero attached hydrogens (tertiary/aromatic N) is 2. The van der Waals surface area contributed by atoms with E-state index in [1.165, 1.54) is 0 Å². The SMILES string of the molecule is Cc1cccc(NC(=O)NCc2ccnc(-c3cccnc3)c2)c1. The van der Waals surface area contributed by atoms with E-state index in [1.54, 1.807) is 18.6 Å². The minimum atomic E-state index is -0.236. The Morgan fingerprint density at radius 3 is 2.79 bits per heavy atom. The highest BCUT2D eigenvalue weighted by Gasteiger charge is 2.04. The van der Waals surface area contributed by atoms with Gasteiger partial charge in [-0.15, -0.1) is 0 Å². The van der Waals surface area contributed by atoms with Gasteiger partial charge in [0, 0.05) is 36.4 Å². The summed E-state index contributed by atoms with van der Waals surface area (Å²) in [6.45, 7) is 2.41. The van der Waals surface area contributed by atoms with Gasteiger partial charge in [-0.2, -0.15) is 0 Å². The zero-order valence-corrected chi connectivity index (χ0v) is 13.4. The third kappa shape index (κ3) is 4.16. The normalized spacial score (nSPS) is 10.2. The van der Waals surface area contributed by atoms with Gasteiger partial charge in [0.1, 0.15) is 0 Å². The zero-order valence-electron chi connectivity index (χ0n) is 13.4. The van der Waals surface area contributed by atoms with Crippen LogP contribution in [0, 0.1) is 6.92 Å². The molecule has 2 amide bonds. The van der Waals surface area contributed by atoms with Crippen LogP contribution < -0.4 is 10.6 Å². The Morgan fingerprint density at radius 2 is 2.00 bits per heavy atom. The van der Waals surface area contributed by atoms with E-state index in [4.69, 9.17) is 0 Å². The second kappa shape index (κ2) is 7.37. The summed E-state index contributed by atoms with van der Waals surface area (Å²) in [7, 11) is 0. The average Bonchev–Trinajstić information content (AvgIpc) is 2.61. The fourth-order valence-electron chi connectivity index (χ4n) is 2.34. The van der Waals surface area contributed by atoms with E-state index in [9.17, 15) is 4.79 Å². The van der Waals surface area contributed by atoms with E-state index < -0.39 is 0 Å². The lowest BCUT2D eigenvalue weighted by Crippen LogP contribution is -2.28. The van der Waals surface area contributed by atoms with Crippen molar-refractivity contribution in [2.45, 2.75) is 13.5 Å². The molecule has 1 aromatic carbocycles. The standard InChI is InChI=1S/C19H18N4O/c1-14-4-2-6-17(10-14)23-19(24)22-12-15-7-9-21-18(11-15)16-5-3-8-20-13-16/h2-11,13H,12H2,1H3,(H2,22,23,24). The van der Waals surface area contributed by atoms with Crippen LogP contribution in [0.25, 0.3) is 11.3 Å². The number of urea groups is 1. The Morgan fingerprint density at radius 1 is 1.08 bits per heavy atom. The van der Waals surface area contributed by atoms with Gasteiger partial charge in [-0.3, -0.25) is 9.97 Å². The number of hydrogen-bond acceptors (Lipinski definition) is 3. The number of nitrogens with one attached hydrogen (secondary N) is 2. The number of pyridine rings is 2. The Kier molecular flexibility index (Phi) is 4.81. The molecule has 0 atom stereocenters. The topological polar surface area (TPSA) is 66.9 Å². The van der Waals surface area contributed by atoms with Crippen molar-refractivity contribution < 1.29 is 4.79 Å². The zero-order chi connectivity index (χ0) is 16.8. The number of aryl methyl sites for hydroxylation is 1. The molecule has 0 spiro atoms. The van der Waals surface area contributed by atoms with Crippen molar-refractivity contribution in [3.63, 3.8) is 0 Å². The largest absolute Gasteiger partial charge is 0.334 e. The van der Waals surface area contributed by atoms with Gasteiger partial charge in [0.15, 0.2) is 0 Å². The quantitative estimate of drug-likeness (QED) is 0.769. The maximum absolute atomic E-state index is 12.0. The Bertz CT molecular complexity index is 834. The first-order valence-electron chi connectivity index (χ1n) is 7.67. The molecule has 0 bridgehead atoms. The lowest BCUT2D eigenvalue weighted by atomic mass is 10.1. The molecule has 5 heteroatoms. The molecule has 3 rings (SSSR count). The van der Waals surface area contributed by atoms with Crippen molar-refractivity contribution in [1.29, 1.82) is 0 Å². The number of benzene rings is 1. The smallest absolute Gasteiger partial charge is 0.319 e. The van der Waals surface area contributed by atoms with Gasteiger partial charge in [-0.25, -0.2) is 4.79 Å². The van der Waals surface area contributed by atoms with Crippen LogP contribution in [-0.4, -0.2) is 16.0 Å². The second-order valence-corrected chi connectivity index (χ2v) is 5.47. The van der Waals surface area contributed by atoms with Crippen molar-refractivity contribution in [3.8, 4) is 11.3 Å². The molecule has 0 unspecified atom stereocenters. The maximum Gasteiger partial charge on any atom is 0.319 e. The van der Waals surface area contributed by atoms with E-state index in [1.807, 2.05) is 55.5 Å². The highest BCUT2D eigenvalue weighted by atomic mass is 16.2. The fourth-order valence-corrected chi connectivity index (χ4v) is 2.34. The first-order valence-corrected chi connectivity index (χ1v) is 7.67. The summed E-state index contributed by atoms with van der Waals surface area (Å²) in [4.78, 5) is 20.4. The minimum absolute atomic E-state index is 0.236. The van der Waals surface area contributed by atoms with Gasteiger partial charge in [-0.1, -0.05) is 12.1 Å². The number of hydrogen-bond donors (Lipinski definition) is 2. The Labute approximate surface area is 140 Å². The molecule has 0 saturated carbocycles. The first-order chi connectivity index (χ1) is 11.7. The summed E-state index contributed by atoms with van der Waals surface area (Å²) in [5.41, 5.74) is 4.63. The number of rotatable bonds is 4.